The molecule has 2 aromatic carbocycles. The van der Waals surface area contributed by atoms with Gasteiger partial charge in [0.25, 0.3) is 5.56 Å². The van der Waals surface area contributed by atoms with E-state index in [1.54, 1.807) is 13.3 Å². The number of benzene rings is 2. The van der Waals surface area contributed by atoms with E-state index in [1.807, 2.05) is 54.6 Å². The maximum Gasteiger partial charge on any atom is 0.281 e. The van der Waals surface area contributed by atoms with E-state index in [-0.39, 0.29) is 17.3 Å². The highest BCUT2D eigenvalue weighted by Gasteiger charge is 2.31. The zero-order chi connectivity index (χ0) is 20.0. The van der Waals surface area contributed by atoms with Crippen LogP contribution in [0, 0.1) is 0 Å². The number of Topliss-reactive ketones (excluding diaryl/α,β-unsaturated/α-hetero) is 1. The molecule has 0 spiro atoms. The smallest absolute Gasteiger partial charge is 0.281 e. The van der Waals surface area contributed by atoms with Gasteiger partial charge in [0.2, 0.25) is 0 Å². The minimum Gasteiger partial charge on any atom is -0.496 e. The molecule has 2 aromatic heterocycles. The summed E-state index contributed by atoms with van der Waals surface area (Å²) in [6.07, 6.45) is 2.55. The number of carbonyl (C=O) groups excluding carboxylic acids is 1. The minimum atomic E-state index is -0.191. The molecule has 4 aromatic rings. The molecule has 6 nitrogen and oxygen atoms in total. The molecule has 29 heavy (non-hydrogen) atoms. The molecule has 1 N–H and O–H groups in total. The van der Waals surface area contributed by atoms with E-state index in [9.17, 15) is 9.59 Å². The first kappa shape index (κ1) is 17.4. The number of methoxy groups -OCH3 is 1. The number of ether oxygens (including phenoxy) is 1. The summed E-state index contributed by atoms with van der Waals surface area (Å²) in [5, 5.41) is 3.56. The van der Waals surface area contributed by atoms with Crippen molar-refractivity contribution >= 4 is 16.8 Å². The van der Waals surface area contributed by atoms with Crippen LogP contribution in [0.25, 0.3) is 16.7 Å². The average molecular weight is 385 g/mol. The lowest BCUT2D eigenvalue weighted by Gasteiger charge is -2.25. The molecule has 0 bridgehead atoms. The third-order valence-corrected chi connectivity index (χ3v) is 5.60. The van der Waals surface area contributed by atoms with Crippen LogP contribution >= 0.6 is 0 Å². The van der Waals surface area contributed by atoms with Gasteiger partial charge in [-0.05, 0) is 41.7 Å². The van der Waals surface area contributed by atoms with Crippen molar-refractivity contribution in [3.8, 4) is 11.4 Å². The largest absolute Gasteiger partial charge is 0.496 e. The van der Waals surface area contributed by atoms with Gasteiger partial charge in [0, 0.05) is 18.2 Å². The molecule has 1 unspecified atom stereocenters. The monoisotopic (exact) mass is 385 g/mol. The zero-order valence-electron chi connectivity index (χ0n) is 15.9. The third-order valence-electron chi connectivity index (χ3n) is 5.60. The van der Waals surface area contributed by atoms with Crippen LogP contribution in [0.15, 0.2) is 65.6 Å². The number of H-pyrrole nitrogens is 1. The lowest BCUT2D eigenvalue weighted by Crippen LogP contribution is -2.22. The molecule has 2 heterocycles. The Hall–Kier alpha value is -3.67. The van der Waals surface area contributed by atoms with Gasteiger partial charge >= 0.3 is 0 Å². The number of nitrogens with one attached hydrogen (secondary N) is 1. The predicted molar refractivity (Wildman–Crippen MR) is 110 cm³/mol. The van der Waals surface area contributed by atoms with Crippen molar-refractivity contribution < 1.29 is 9.53 Å². The first-order valence-electron chi connectivity index (χ1n) is 9.51. The van der Waals surface area contributed by atoms with E-state index in [2.05, 4.69) is 10.1 Å². The Labute approximate surface area is 166 Å². The summed E-state index contributed by atoms with van der Waals surface area (Å²) < 4.78 is 6.98. The van der Waals surface area contributed by atoms with Crippen LogP contribution in [0.1, 0.15) is 33.8 Å². The number of ketones is 1. The number of pyridine rings is 1. The van der Waals surface area contributed by atoms with Gasteiger partial charge < -0.3 is 4.74 Å². The highest BCUT2D eigenvalue weighted by molar-refractivity contribution is 6.02. The highest BCUT2D eigenvalue weighted by atomic mass is 16.5. The topological polar surface area (TPSA) is 77.0 Å². The number of hydrogen-bond donors (Lipinski definition) is 1. The molecule has 144 valence electrons. The lowest BCUT2D eigenvalue weighted by molar-refractivity contribution is 0.0964. The van der Waals surface area contributed by atoms with Crippen molar-refractivity contribution in [2.75, 3.05) is 7.11 Å². The summed E-state index contributed by atoms with van der Waals surface area (Å²) in [5.74, 6) is 0.717. The minimum absolute atomic E-state index is 0.00316. The van der Waals surface area contributed by atoms with E-state index < -0.39 is 0 Å². The number of aromatic amines is 1. The molecule has 1 aliphatic rings. The van der Waals surface area contributed by atoms with Crippen LogP contribution in [0.3, 0.4) is 0 Å². The van der Waals surface area contributed by atoms with Crippen molar-refractivity contribution in [1.82, 2.24) is 14.8 Å². The molecule has 1 atom stereocenters. The van der Waals surface area contributed by atoms with Crippen molar-refractivity contribution in [2.24, 2.45) is 0 Å². The van der Waals surface area contributed by atoms with Crippen LogP contribution in [0.5, 0.6) is 5.75 Å². The second-order valence-corrected chi connectivity index (χ2v) is 7.23. The van der Waals surface area contributed by atoms with E-state index in [1.165, 1.54) is 4.68 Å². The van der Waals surface area contributed by atoms with Crippen LogP contribution < -0.4 is 10.3 Å². The first-order valence-corrected chi connectivity index (χ1v) is 9.51. The zero-order valence-corrected chi connectivity index (χ0v) is 15.9. The summed E-state index contributed by atoms with van der Waals surface area (Å²) in [6.45, 7) is 0. The Kier molecular flexibility index (Phi) is 4.05. The van der Waals surface area contributed by atoms with Gasteiger partial charge in [0.15, 0.2) is 11.4 Å². The number of rotatable bonds is 3. The SMILES string of the molecule is COc1ccccc1C1CC(=O)c2cnc3[nH]n(-c4ccccc4)c(=O)c3c2C1. The molecule has 0 fully saturated rings. The lowest BCUT2D eigenvalue weighted by atomic mass is 9.79. The summed E-state index contributed by atoms with van der Waals surface area (Å²) >= 11 is 0. The van der Waals surface area contributed by atoms with Crippen molar-refractivity contribution in [3.05, 3.63) is 87.8 Å². The molecule has 5 rings (SSSR count). The standard InChI is InChI=1S/C23H19N3O3/c1-29-20-10-6-5-9-16(20)14-11-17-18(19(27)12-14)13-24-22-21(17)23(28)26(25-22)15-7-3-2-4-8-15/h2-10,13-14H,11-12H2,1H3,(H,24,25). The fourth-order valence-corrected chi connectivity index (χ4v) is 4.22. The van der Waals surface area contributed by atoms with Gasteiger partial charge in [-0.15, -0.1) is 0 Å². The van der Waals surface area contributed by atoms with Crippen molar-refractivity contribution in [2.45, 2.75) is 18.8 Å². The average Bonchev–Trinajstić information content (AvgIpc) is 3.11. The van der Waals surface area contributed by atoms with E-state index >= 15 is 0 Å². The quantitative estimate of drug-likeness (QED) is 0.584. The maximum absolute atomic E-state index is 13.2. The Morgan fingerprint density at radius 3 is 2.59 bits per heavy atom. The Bertz CT molecular complexity index is 1290. The second kappa shape index (κ2) is 6.74. The number of carbonyl (C=O) groups is 1. The summed E-state index contributed by atoms with van der Waals surface area (Å²) in [4.78, 5) is 30.5. The van der Waals surface area contributed by atoms with Gasteiger partial charge in [-0.25, -0.2) is 9.67 Å². The highest BCUT2D eigenvalue weighted by Crippen LogP contribution is 2.38. The molecule has 6 heteroatoms. The third kappa shape index (κ3) is 2.76. The molecular weight excluding hydrogens is 366 g/mol. The summed E-state index contributed by atoms with van der Waals surface area (Å²) in [6, 6.07) is 17.1. The first-order chi connectivity index (χ1) is 14.2. The van der Waals surface area contributed by atoms with Crippen LogP contribution in [-0.4, -0.2) is 27.7 Å². The molecule has 0 saturated carbocycles. The molecule has 0 radical (unpaired) electrons. The maximum atomic E-state index is 13.2. The number of fused-ring (bicyclic) bond motifs is 3. The van der Waals surface area contributed by atoms with Crippen LogP contribution in [0.2, 0.25) is 0 Å². The summed E-state index contributed by atoms with van der Waals surface area (Å²) in [5.41, 5.74) is 3.32. The normalized spacial score (nSPS) is 16.0. The number of aromatic nitrogens is 3. The molecule has 1 aliphatic carbocycles. The number of nitrogens with zero attached hydrogens (tertiary/aromatic N) is 2. The van der Waals surface area contributed by atoms with Crippen LogP contribution in [-0.2, 0) is 6.42 Å². The summed E-state index contributed by atoms with van der Waals surface area (Å²) in [7, 11) is 1.63. The van der Waals surface area contributed by atoms with Crippen LogP contribution in [0.4, 0.5) is 0 Å². The van der Waals surface area contributed by atoms with Gasteiger partial charge in [0.05, 0.1) is 18.2 Å². The van der Waals surface area contributed by atoms with E-state index in [0.717, 1.165) is 22.6 Å². The fourth-order valence-electron chi connectivity index (χ4n) is 4.22. The van der Waals surface area contributed by atoms with Gasteiger partial charge in [-0.1, -0.05) is 36.4 Å². The van der Waals surface area contributed by atoms with E-state index in [4.69, 9.17) is 4.74 Å². The number of hydrogen-bond acceptors (Lipinski definition) is 4. The Balaban J connectivity index is 1.68. The molecule has 0 saturated heterocycles. The Morgan fingerprint density at radius 2 is 1.79 bits per heavy atom. The Morgan fingerprint density at radius 1 is 1.03 bits per heavy atom. The fraction of sp³-hybridized carbons (Fsp3) is 0.174. The molecule has 0 amide bonds. The molecule has 0 aliphatic heterocycles. The van der Waals surface area contributed by atoms with Crippen molar-refractivity contribution in [3.63, 3.8) is 0 Å². The van der Waals surface area contributed by atoms with E-state index in [0.29, 0.717) is 29.4 Å². The number of para-hydroxylation sites is 2. The van der Waals surface area contributed by atoms with Gasteiger partial charge in [0.1, 0.15) is 5.75 Å². The van der Waals surface area contributed by atoms with Crippen molar-refractivity contribution in [1.29, 1.82) is 0 Å². The second-order valence-electron chi connectivity index (χ2n) is 7.23. The van der Waals surface area contributed by atoms with Gasteiger partial charge in [-0.3, -0.25) is 14.7 Å². The molecular formula is C23H19N3O3. The predicted octanol–water partition coefficient (Wildman–Crippen LogP) is 3.64. The van der Waals surface area contributed by atoms with Gasteiger partial charge in [-0.2, -0.15) is 0 Å².